The van der Waals surface area contributed by atoms with E-state index >= 15 is 0 Å². The Balaban J connectivity index is 0.770. The van der Waals surface area contributed by atoms with E-state index in [1.165, 1.54) is 116 Å². The van der Waals surface area contributed by atoms with Gasteiger partial charge < -0.3 is 34.2 Å². The highest BCUT2D eigenvalue weighted by Crippen LogP contribution is 2.48. The van der Waals surface area contributed by atoms with Crippen LogP contribution in [0.1, 0.15) is 139 Å². The third kappa shape index (κ3) is 16.6. The maximum Gasteiger partial charge on any atom is 0.350 e. The number of benzene rings is 3. The largest absolute Gasteiger partial charge is 0.430 e. The molecule has 3 aromatic rings. The molecule has 0 amide bonds. The highest BCUT2D eigenvalue weighted by Gasteiger charge is 2.60. The molecule has 3 aromatic carbocycles. The van der Waals surface area contributed by atoms with Gasteiger partial charge in [-0.15, -0.1) is 0 Å². The minimum atomic E-state index is -1.22. The fraction of sp³-hybridized carbons (Fsp3) is 0.596. The van der Waals surface area contributed by atoms with Crippen LogP contribution in [-0.2, 0) is 30.2 Å². The van der Waals surface area contributed by atoms with Crippen molar-refractivity contribution in [1.29, 1.82) is 0 Å². The molecule has 0 radical (unpaired) electrons. The highest BCUT2D eigenvalue weighted by atomic mass is 16.8. The standard InChI is InChI=1S/C57H86N4O4/c1-6-50(2)55(3,51-32-19-16-20-33-51)63-49-31-41-58-40-25-28-44-59(4)42-26-14-12-10-8-7-9-11-13-15-27-43-60(5)45-29-30-46-61-47-38-56(39-48-61)64-54(62)57(65-56,52-34-21-17-22-35-52)53-36-23-18-24-37-53/h6,16-24,32-37,58H,1-2,7-15,25-31,38-49H2,3-5H3. The SMILES string of the molecule is C=CC(=C)C(C)(OCCCNCCCCN(C)CCCCCCCCCCCCCN(C)CCCCN1CCC2(CC1)OC(=O)C(c1ccccc1)(c1ccccc1)O2)c1ccccc1. The fourth-order valence-electron chi connectivity index (χ4n) is 9.61. The van der Waals surface area contributed by atoms with E-state index in [0.29, 0.717) is 19.4 Å². The normalized spacial score (nSPS) is 16.8. The minimum absolute atomic E-state index is 0.302. The first-order valence-electron chi connectivity index (χ1n) is 25.6. The van der Waals surface area contributed by atoms with E-state index in [-0.39, 0.29) is 5.97 Å². The maximum atomic E-state index is 13.7. The number of hydrogen-bond acceptors (Lipinski definition) is 8. The number of carbonyl (C=O) groups excluding carboxylic acids is 1. The molecule has 8 heteroatoms. The topological polar surface area (TPSA) is 66.5 Å². The Morgan fingerprint density at radius 3 is 1.63 bits per heavy atom. The monoisotopic (exact) mass is 891 g/mol. The zero-order chi connectivity index (χ0) is 46.1. The first-order valence-corrected chi connectivity index (χ1v) is 25.6. The average molecular weight is 891 g/mol. The Hall–Kier alpha value is -3.63. The van der Waals surface area contributed by atoms with Crippen LogP contribution in [0.25, 0.3) is 0 Å². The van der Waals surface area contributed by atoms with E-state index in [2.05, 4.69) is 66.3 Å². The minimum Gasteiger partial charge on any atom is -0.430 e. The van der Waals surface area contributed by atoms with E-state index in [1.54, 1.807) is 6.08 Å². The predicted octanol–water partition coefficient (Wildman–Crippen LogP) is 11.7. The number of nitrogens with zero attached hydrogens (tertiary/aromatic N) is 3. The molecule has 2 saturated heterocycles. The Morgan fingerprint density at radius 1 is 0.677 bits per heavy atom. The Kier molecular flexibility index (Phi) is 23.0. The van der Waals surface area contributed by atoms with Gasteiger partial charge in [0.05, 0.1) is 0 Å². The molecule has 1 spiro atoms. The number of piperidine rings is 1. The van der Waals surface area contributed by atoms with Gasteiger partial charge in [0.1, 0.15) is 5.60 Å². The Bertz CT molecular complexity index is 1730. The molecule has 358 valence electrons. The summed E-state index contributed by atoms with van der Waals surface area (Å²) < 4.78 is 19.3. The number of carbonyl (C=O) groups is 1. The van der Waals surface area contributed by atoms with Crippen molar-refractivity contribution in [2.75, 3.05) is 79.6 Å². The summed E-state index contributed by atoms with van der Waals surface area (Å²) in [6, 6.07) is 30.0. The van der Waals surface area contributed by atoms with E-state index in [1.807, 2.05) is 78.9 Å². The van der Waals surface area contributed by atoms with Crippen LogP contribution in [0, 0.1) is 0 Å². The van der Waals surface area contributed by atoms with Crippen LogP contribution in [0.2, 0.25) is 0 Å². The van der Waals surface area contributed by atoms with E-state index < -0.39 is 17.0 Å². The summed E-state index contributed by atoms with van der Waals surface area (Å²) >= 11 is 0. The van der Waals surface area contributed by atoms with Gasteiger partial charge in [-0.05, 0) is 134 Å². The molecule has 65 heavy (non-hydrogen) atoms. The van der Waals surface area contributed by atoms with Crippen LogP contribution < -0.4 is 5.32 Å². The number of unbranched alkanes of at least 4 members (excludes halogenated alkanes) is 12. The molecular formula is C57H86N4O4. The van der Waals surface area contributed by atoms with Gasteiger partial charge in [-0.2, -0.15) is 0 Å². The summed E-state index contributed by atoms with van der Waals surface area (Å²) in [5, 5.41) is 3.60. The lowest BCUT2D eigenvalue weighted by Crippen LogP contribution is -2.46. The van der Waals surface area contributed by atoms with Gasteiger partial charge in [-0.25, -0.2) is 4.79 Å². The number of likely N-dealkylation sites (tertiary alicyclic amines) is 1. The quantitative estimate of drug-likeness (QED) is 0.0361. The lowest BCUT2D eigenvalue weighted by atomic mass is 9.86. The third-order valence-electron chi connectivity index (χ3n) is 13.9. The van der Waals surface area contributed by atoms with Gasteiger partial charge in [0.15, 0.2) is 0 Å². The van der Waals surface area contributed by atoms with Gasteiger partial charge in [-0.1, -0.05) is 168 Å². The van der Waals surface area contributed by atoms with Crippen molar-refractivity contribution in [2.24, 2.45) is 0 Å². The van der Waals surface area contributed by atoms with Crippen LogP contribution in [0.5, 0.6) is 0 Å². The molecule has 2 fully saturated rings. The molecule has 1 N–H and O–H groups in total. The molecule has 2 aliphatic heterocycles. The van der Waals surface area contributed by atoms with Crippen LogP contribution in [0.4, 0.5) is 0 Å². The molecule has 8 nitrogen and oxygen atoms in total. The molecule has 1 atom stereocenters. The molecule has 2 aliphatic rings. The van der Waals surface area contributed by atoms with Gasteiger partial charge in [-0.3, -0.25) is 0 Å². The molecule has 0 aliphatic carbocycles. The summed E-state index contributed by atoms with van der Waals surface area (Å²) in [5.41, 5.74) is 1.92. The predicted molar refractivity (Wildman–Crippen MR) is 270 cm³/mol. The second-order valence-corrected chi connectivity index (χ2v) is 19.1. The fourth-order valence-corrected chi connectivity index (χ4v) is 9.61. The van der Waals surface area contributed by atoms with Crippen molar-refractivity contribution in [3.05, 3.63) is 132 Å². The van der Waals surface area contributed by atoms with E-state index in [0.717, 1.165) is 68.0 Å². The number of rotatable bonds is 34. The average Bonchev–Trinajstić information content (AvgIpc) is 3.63. The van der Waals surface area contributed by atoms with Crippen molar-refractivity contribution in [1.82, 2.24) is 20.0 Å². The van der Waals surface area contributed by atoms with Gasteiger partial charge in [0.25, 0.3) is 0 Å². The molecule has 2 heterocycles. The van der Waals surface area contributed by atoms with Crippen LogP contribution in [-0.4, -0.2) is 106 Å². The van der Waals surface area contributed by atoms with Crippen molar-refractivity contribution in [2.45, 2.75) is 139 Å². The molecular weight excluding hydrogens is 805 g/mol. The van der Waals surface area contributed by atoms with Gasteiger partial charge in [0, 0.05) is 32.5 Å². The van der Waals surface area contributed by atoms with Crippen LogP contribution >= 0.6 is 0 Å². The summed E-state index contributed by atoms with van der Waals surface area (Å²) in [6.07, 6.45) is 24.1. The van der Waals surface area contributed by atoms with Gasteiger partial charge in [0.2, 0.25) is 11.4 Å². The van der Waals surface area contributed by atoms with Crippen molar-refractivity contribution in [3.63, 3.8) is 0 Å². The molecule has 0 saturated carbocycles. The molecule has 5 rings (SSSR count). The second kappa shape index (κ2) is 28.5. The Labute approximate surface area is 395 Å². The molecule has 0 bridgehead atoms. The highest BCUT2D eigenvalue weighted by molar-refractivity contribution is 5.87. The lowest BCUT2D eigenvalue weighted by molar-refractivity contribution is -0.208. The van der Waals surface area contributed by atoms with Gasteiger partial charge >= 0.3 is 5.97 Å². The lowest BCUT2D eigenvalue weighted by Gasteiger charge is -2.38. The summed E-state index contributed by atoms with van der Waals surface area (Å²) in [6.45, 7) is 20.5. The zero-order valence-electron chi connectivity index (χ0n) is 40.9. The number of nitrogens with one attached hydrogen (secondary N) is 1. The molecule has 1 unspecified atom stereocenters. The number of ether oxygens (including phenoxy) is 3. The van der Waals surface area contributed by atoms with Crippen molar-refractivity contribution in [3.8, 4) is 0 Å². The van der Waals surface area contributed by atoms with Crippen molar-refractivity contribution >= 4 is 5.97 Å². The van der Waals surface area contributed by atoms with Crippen LogP contribution in [0.3, 0.4) is 0 Å². The van der Waals surface area contributed by atoms with E-state index in [4.69, 9.17) is 14.2 Å². The number of hydrogen-bond donors (Lipinski definition) is 1. The van der Waals surface area contributed by atoms with Crippen LogP contribution in [0.15, 0.2) is 116 Å². The summed E-state index contributed by atoms with van der Waals surface area (Å²) in [4.78, 5) is 21.2. The Morgan fingerprint density at radius 2 is 1.12 bits per heavy atom. The van der Waals surface area contributed by atoms with Crippen molar-refractivity contribution < 1.29 is 19.0 Å². The summed E-state index contributed by atoms with van der Waals surface area (Å²) in [5.74, 6) is -1.17. The zero-order valence-corrected chi connectivity index (χ0v) is 40.9. The van der Waals surface area contributed by atoms with E-state index in [9.17, 15) is 4.79 Å². The number of esters is 1. The maximum absolute atomic E-state index is 13.7. The smallest absolute Gasteiger partial charge is 0.350 e. The third-order valence-corrected chi connectivity index (χ3v) is 13.9. The molecule has 0 aromatic heterocycles. The second-order valence-electron chi connectivity index (χ2n) is 19.1. The first-order chi connectivity index (χ1) is 31.7. The first kappa shape index (κ1) is 52.3. The summed E-state index contributed by atoms with van der Waals surface area (Å²) in [7, 11) is 4.57.